The van der Waals surface area contributed by atoms with Crippen LogP contribution in [0.3, 0.4) is 0 Å². The first kappa shape index (κ1) is 14.5. The van der Waals surface area contributed by atoms with Crippen molar-refractivity contribution in [3.8, 4) is 0 Å². The second kappa shape index (κ2) is 6.51. The number of nitrogens with two attached hydrogens (primary N) is 2. The maximum absolute atomic E-state index is 11.8. The van der Waals surface area contributed by atoms with Crippen LogP contribution in [0, 0.1) is 0 Å². The Bertz CT molecular complexity index is 653. The number of anilines is 1. The van der Waals surface area contributed by atoms with Crippen molar-refractivity contribution >= 4 is 17.5 Å². The second-order valence-corrected chi connectivity index (χ2v) is 4.60. The van der Waals surface area contributed by atoms with Crippen molar-refractivity contribution in [1.82, 2.24) is 10.3 Å². The summed E-state index contributed by atoms with van der Waals surface area (Å²) in [5.74, 6) is -0.647. The van der Waals surface area contributed by atoms with E-state index in [-0.39, 0.29) is 12.3 Å². The molecule has 0 atom stereocenters. The summed E-state index contributed by atoms with van der Waals surface area (Å²) in [5, 5.41) is 2.77. The molecule has 0 bridgehead atoms. The topological polar surface area (TPSA) is 111 Å². The number of nitrogens with zero attached hydrogens (tertiary/aromatic N) is 1. The molecule has 0 spiro atoms. The molecule has 0 fully saturated rings. The Balaban J connectivity index is 1.90. The van der Waals surface area contributed by atoms with E-state index in [0.717, 1.165) is 5.56 Å². The minimum Gasteiger partial charge on any atom is -0.397 e. The Morgan fingerprint density at radius 3 is 2.67 bits per heavy atom. The minimum absolute atomic E-state index is 0.156. The number of primary amides is 1. The number of hydrogen-bond donors (Lipinski definition) is 3. The summed E-state index contributed by atoms with van der Waals surface area (Å²) in [6.45, 7) is 0.328. The summed E-state index contributed by atoms with van der Waals surface area (Å²) >= 11 is 0. The molecule has 0 saturated heterocycles. The molecule has 0 aliphatic rings. The number of pyridine rings is 1. The molecule has 108 valence electrons. The van der Waals surface area contributed by atoms with Gasteiger partial charge in [0.1, 0.15) is 0 Å². The highest BCUT2D eigenvalue weighted by Gasteiger charge is 2.06. The third-order valence-corrected chi connectivity index (χ3v) is 2.89. The lowest BCUT2D eigenvalue weighted by Gasteiger charge is -2.06. The van der Waals surface area contributed by atoms with Crippen LogP contribution >= 0.6 is 0 Å². The Hall–Kier alpha value is -2.89. The molecular formula is C15H16N4O2. The summed E-state index contributed by atoms with van der Waals surface area (Å²) in [6, 6.07) is 10.2. The first-order valence-corrected chi connectivity index (χ1v) is 6.40. The van der Waals surface area contributed by atoms with Gasteiger partial charge in [0.2, 0.25) is 11.8 Å². The number of carbonyl (C=O) groups excluding carboxylic acids is 2. The highest BCUT2D eigenvalue weighted by Crippen LogP contribution is 2.05. The fraction of sp³-hybridized carbons (Fsp3) is 0.133. The molecule has 21 heavy (non-hydrogen) atoms. The molecule has 1 heterocycles. The van der Waals surface area contributed by atoms with Crippen molar-refractivity contribution < 1.29 is 9.59 Å². The predicted molar refractivity (Wildman–Crippen MR) is 79.2 cm³/mol. The molecule has 0 saturated carbocycles. The van der Waals surface area contributed by atoms with Crippen molar-refractivity contribution in [2.75, 3.05) is 5.73 Å². The van der Waals surface area contributed by atoms with Crippen LogP contribution in [0.15, 0.2) is 42.6 Å². The summed E-state index contributed by atoms with van der Waals surface area (Å²) in [4.78, 5) is 27.0. The van der Waals surface area contributed by atoms with Crippen molar-refractivity contribution in [3.63, 3.8) is 0 Å². The van der Waals surface area contributed by atoms with Crippen LogP contribution in [-0.2, 0) is 17.8 Å². The quantitative estimate of drug-likeness (QED) is 0.747. The average molecular weight is 284 g/mol. The van der Waals surface area contributed by atoms with Crippen molar-refractivity contribution in [1.29, 1.82) is 0 Å². The fourth-order valence-electron chi connectivity index (χ4n) is 1.80. The first-order chi connectivity index (χ1) is 10.0. The van der Waals surface area contributed by atoms with Gasteiger partial charge in [-0.2, -0.15) is 0 Å². The van der Waals surface area contributed by atoms with Crippen LogP contribution in [0.1, 0.15) is 21.6 Å². The number of benzene rings is 1. The molecule has 6 heteroatoms. The van der Waals surface area contributed by atoms with Crippen LogP contribution in [0.5, 0.6) is 0 Å². The Kier molecular flexibility index (Phi) is 4.50. The van der Waals surface area contributed by atoms with Gasteiger partial charge in [0.05, 0.1) is 18.3 Å². The largest absolute Gasteiger partial charge is 0.397 e. The van der Waals surface area contributed by atoms with Crippen LogP contribution in [0.4, 0.5) is 5.69 Å². The molecule has 1 aromatic heterocycles. The molecule has 0 aliphatic carbocycles. The average Bonchev–Trinajstić information content (AvgIpc) is 2.48. The first-order valence-electron chi connectivity index (χ1n) is 6.40. The molecule has 6 nitrogen and oxygen atoms in total. The van der Waals surface area contributed by atoms with Gasteiger partial charge in [-0.25, -0.2) is 0 Å². The maximum atomic E-state index is 11.8. The Morgan fingerprint density at radius 2 is 2.00 bits per heavy atom. The predicted octanol–water partition coefficient (Wildman–Crippen LogP) is 0.622. The van der Waals surface area contributed by atoms with E-state index in [4.69, 9.17) is 11.5 Å². The van der Waals surface area contributed by atoms with E-state index >= 15 is 0 Å². The fourth-order valence-corrected chi connectivity index (χ4v) is 1.80. The van der Waals surface area contributed by atoms with Gasteiger partial charge in [-0.05, 0) is 29.8 Å². The van der Waals surface area contributed by atoms with Crippen molar-refractivity contribution in [3.05, 3.63) is 59.4 Å². The summed E-state index contributed by atoms with van der Waals surface area (Å²) in [6.07, 6.45) is 1.69. The maximum Gasteiger partial charge on any atom is 0.248 e. The lowest BCUT2D eigenvalue weighted by Crippen LogP contribution is -2.25. The molecule has 2 rings (SSSR count). The molecule has 5 N–H and O–H groups in total. The van der Waals surface area contributed by atoms with Gasteiger partial charge >= 0.3 is 0 Å². The zero-order valence-electron chi connectivity index (χ0n) is 11.4. The minimum atomic E-state index is -0.491. The Labute approximate surface area is 122 Å². The molecule has 2 amide bonds. The van der Waals surface area contributed by atoms with E-state index in [1.807, 2.05) is 6.07 Å². The highest BCUT2D eigenvalue weighted by molar-refractivity contribution is 5.92. The van der Waals surface area contributed by atoms with Crippen LogP contribution in [-0.4, -0.2) is 16.8 Å². The number of hydrogen-bond acceptors (Lipinski definition) is 4. The molecule has 2 aromatic rings. The number of aromatic nitrogens is 1. The zero-order chi connectivity index (χ0) is 15.2. The summed E-state index contributed by atoms with van der Waals surface area (Å²) in [7, 11) is 0. The standard InChI is InChI=1S/C15H16N4O2/c16-12-4-5-13(18-9-12)7-14(20)19-8-10-2-1-3-11(6-10)15(17)21/h1-6,9H,7-8,16H2,(H2,17,21)(H,19,20). The second-order valence-electron chi connectivity index (χ2n) is 4.60. The number of amides is 2. The normalized spacial score (nSPS) is 10.1. The van der Waals surface area contributed by atoms with Gasteiger partial charge in [0.15, 0.2) is 0 Å². The molecule has 0 radical (unpaired) electrons. The Morgan fingerprint density at radius 1 is 1.19 bits per heavy atom. The van der Waals surface area contributed by atoms with Crippen LogP contribution in [0.25, 0.3) is 0 Å². The van der Waals surface area contributed by atoms with Crippen molar-refractivity contribution in [2.45, 2.75) is 13.0 Å². The van der Waals surface area contributed by atoms with E-state index in [1.165, 1.54) is 6.20 Å². The van der Waals surface area contributed by atoms with Gasteiger partial charge in [-0.3, -0.25) is 14.6 Å². The van der Waals surface area contributed by atoms with E-state index in [2.05, 4.69) is 10.3 Å². The van der Waals surface area contributed by atoms with E-state index in [0.29, 0.717) is 23.5 Å². The molecule has 0 aliphatic heterocycles. The van der Waals surface area contributed by atoms with Gasteiger partial charge < -0.3 is 16.8 Å². The third-order valence-electron chi connectivity index (χ3n) is 2.89. The highest BCUT2D eigenvalue weighted by atomic mass is 16.1. The number of nitrogens with one attached hydrogen (secondary N) is 1. The molecular weight excluding hydrogens is 268 g/mol. The van der Waals surface area contributed by atoms with Gasteiger partial charge in [0.25, 0.3) is 0 Å². The lowest BCUT2D eigenvalue weighted by molar-refractivity contribution is -0.120. The molecule has 0 unspecified atom stereocenters. The van der Waals surface area contributed by atoms with E-state index < -0.39 is 5.91 Å². The summed E-state index contributed by atoms with van der Waals surface area (Å²) in [5.41, 5.74) is 13.2. The smallest absolute Gasteiger partial charge is 0.248 e. The number of rotatable bonds is 5. The third kappa shape index (κ3) is 4.31. The zero-order valence-corrected chi connectivity index (χ0v) is 11.4. The van der Waals surface area contributed by atoms with Crippen LogP contribution in [0.2, 0.25) is 0 Å². The number of carbonyl (C=O) groups is 2. The number of nitrogen functional groups attached to an aromatic ring is 1. The molecule has 1 aromatic carbocycles. The van der Waals surface area contributed by atoms with Gasteiger partial charge in [0, 0.05) is 17.8 Å². The van der Waals surface area contributed by atoms with Crippen molar-refractivity contribution in [2.24, 2.45) is 5.73 Å². The van der Waals surface area contributed by atoms with E-state index in [1.54, 1.807) is 30.3 Å². The summed E-state index contributed by atoms with van der Waals surface area (Å²) < 4.78 is 0. The van der Waals surface area contributed by atoms with Gasteiger partial charge in [-0.1, -0.05) is 12.1 Å². The van der Waals surface area contributed by atoms with Crippen LogP contribution < -0.4 is 16.8 Å². The SMILES string of the molecule is NC(=O)c1cccc(CNC(=O)Cc2ccc(N)cn2)c1. The van der Waals surface area contributed by atoms with E-state index in [9.17, 15) is 9.59 Å². The lowest BCUT2D eigenvalue weighted by atomic mass is 10.1. The van der Waals surface area contributed by atoms with Gasteiger partial charge in [-0.15, -0.1) is 0 Å². The monoisotopic (exact) mass is 284 g/mol.